The minimum Gasteiger partial charge on any atom is -0.328 e. The first-order chi connectivity index (χ1) is 4.74. The van der Waals surface area contributed by atoms with Crippen molar-refractivity contribution >= 4 is 6.01 Å². The molecule has 0 unspecified atom stereocenters. The number of aromatic nitrogens is 2. The molecule has 4 nitrogen and oxygen atoms in total. The third-order valence-corrected chi connectivity index (χ3v) is 1.32. The van der Waals surface area contributed by atoms with Gasteiger partial charge in [0.1, 0.15) is 0 Å². The topological polar surface area (TPSA) is 42.2 Å². The predicted octanol–water partition coefficient (Wildman–Crippen LogP) is 0.834. The first-order valence-corrected chi connectivity index (χ1v) is 3.25. The van der Waals surface area contributed by atoms with Crippen molar-refractivity contribution in [2.24, 2.45) is 0 Å². The second kappa shape index (κ2) is 2.68. The van der Waals surface area contributed by atoms with Crippen LogP contribution in [0.1, 0.15) is 12.7 Å². The van der Waals surface area contributed by atoms with Gasteiger partial charge in [-0.05, 0) is 13.8 Å². The normalized spacial score (nSPS) is 9.90. The number of aryl methyl sites for hydroxylation is 1. The van der Waals surface area contributed by atoms with E-state index in [0.717, 1.165) is 6.54 Å². The average Bonchev–Trinajstić information content (AvgIpc) is 2.34. The van der Waals surface area contributed by atoms with Crippen molar-refractivity contribution in [1.82, 2.24) is 10.1 Å². The molecule has 10 heavy (non-hydrogen) atoms. The molecular formula is C6H11N3O. The molecule has 1 aromatic rings. The summed E-state index contributed by atoms with van der Waals surface area (Å²) < 4.78 is 4.88. The Morgan fingerprint density at radius 3 is 2.70 bits per heavy atom. The zero-order valence-electron chi connectivity index (χ0n) is 6.46. The van der Waals surface area contributed by atoms with Crippen LogP contribution in [0.25, 0.3) is 0 Å². The van der Waals surface area contributed by atoms with Crippen molar-refractivity contribution in [3.63, 3.8) is 0 Å². The van der Waals surface area contributed by atoms with Crippen molar-refractivity contribution in [1.29, 1.82) is 0 Å². The lowest BCUT2D eigenvalue weighted by Gasteiger charge is -2.07. The molecule has 0 spiro atoms. The summed E-state index contributed by atoms with van der Waals surface area (Å²) in [6, 6.07) is 0.583. The number of nitrogens with zero attached hydrogens (tertiary/aromatic N) is 3. The van der Waals surface area contributed by atoms with Gasteiger partial charge >= 0.3 is 6.01 Å². The summed E-state index contributed by atoms with van der Waals surface area (Å²) in [6.07, 6.45) is 0. The maximum Gasteiger partial charge on any atom is 0.323 e. The number of rotatable bonds is 2. The van der Waals surface area contributed by atoms with Gasteiger partial charge < -0.3 is 9.42 Å². The lowest BCUT2D eigenvalue weighted by atomic mass is 10.6. The number of hydrogen-bond donors (Lipinski definition) is 0. The van der Waals surface area contributed by atoms with Gasteiger partial charge in [0, 0.05) is 13.6 Å². The fraction of sp³-hybridized carbons (Fsp3) is 0.667. The van der Waals surface area contributed by atoms with Gasteiger partial charge in [0.25, 0.3) is 0 Å². The van der Waals surface area contributed by atoms with Crippen LogP contribution in [-0.2, 0) is 0 Å². The Labute approximate surface area is 59.8 Å². The molecule has 0 fully saturated rings. The van der Waals surface area contributed by atoms with E-state index in [0.29, 0.717) is 11.8 Å². The highest BCUT2D eigenvalue weighted by Crippen LogP contribution is 2.06. The Kier molecular flexibility index (Phi) is 1.89. The smallest absolute Gasteiger partial charge is 0.323 e. The van der Waals surface area contributed by atoms with Gasteiger partial charge in [0.2, 0.25) is 0 Å². The quantitative estimate of drug-likeness (QED) is 0.612. The van der Waals surface area contributed by atoms with Gasteiger partial charge in [-0.15, -0.1) is 0 Å². The minimum absolute atomic E-state index is 0.583. The van der Waals surface area contributed by atoms with Gasteiger partial charge in [0.05, 0.1) is 0 Å². The van der Waals surface area contributed by atoms with Crippen molar-refractivity contribution in [3.05, 3.63) is 5.82 Å². The van der Waals surface area contributed by atoms with Crippen LogP contribution >= 0.6 is 0 Å². The number of anilines is 1. The van der Waals surface area contributed by atoms with E-state index in [-0.39, 0.29) is 0 Å². The summed E-state index contributed by atoms with van der Waals surface area (Å²) in [5.41, 5.74) is 0. The van der Waals surface area contributed by atoms with Gasteiger partial charge in [0.15, 0.2) is 5.82 Å². The van der Waals surface area contributed by atoms with Crippen molar-refractivity contribution in [2.45, 2.75) is 13.8 Å². The van der Waals surface area contributed by atoms with E-state index in [1.54, 1.807) is 6.92 Å². The second-order valence-corrected chi connectivity index (χ2v) is 2.14. The molecule has 0 aliphatic rings. The fourth-order valence-corrected chi connectivity index (χ4v) is 0.576. The van der Waals surface area contributed by atoms with E-state index >= 15 is 0 Å². The van der Waals surface area contributed by atoms with Crippen LogP contribution in [-0.4, -0.2) is 23.7 Å². The minimum atomic E-state index is 0.583. The Hall–Kier alpha value is -1.06. The molecule has 56 valence electrons. The molecule has 1 aromatic heterocycles. The van der Waals surface area contributed by atoms with Crippen LogP contribution in [0, 0.1) is 6.92 Å². The summed E-state index contributed by atoms with van der Waals surface area (Å²) in [5.74, 6) is 0.676. The highest BCUT2D eigenvalue weighted by Gasteiger charge is 2.04. The van der Waals surface area contributed by atoms with Crippen LogP contribution < -0.4 is 4.90 Å². The van der Waals surface area contributed by atoms with E-state index in [1.807, 2.05) is 18.9 Å². The highest BCUT2D eigenvalue weighted by atomic mass is 16.5. The summed E-state index contributed by atoms with van der Waals surface area (Å²) in [6.45, 7) is 4.71. The van der Waals surface area contributed by atoms with Crippen LogP contribution in [0.15, 0.2) is 4.52 Å². The molecule has 0 saturated carbocycles. The average molecular weight is 141 g/mol. The zero-order chi connectivity index (χ0) is 7.56. The largest absolute Gasteiger partial charge is 0.328 e. The molecule has 1 heterocycles. The Morgan fingerprint density at radius 2 is 2.30 bits per heavy atom. The Balaban J connectivity index is 2.74. The summed E-state index contributed by atoms with van der Waals surface area (Å²) in [5, 5.41) is 3.66. The lowest BCUT2D eigenvalue weighted by molar-refractivity contribution is 0.414. The molecule has 0 aliphatic carbocycles. The monoisotopic (exact) mass is 141 g/mol. The van der Waals surface area contributed by atoms with E-state index in [1.165, 1.54) is 0 Å². The first kappa shape index (κ1) is 7.05. The molecule has 1 rings (SSSR count). The van der Waals surface area contributed by atoms with Crippen LogP contribution in [0.3, 0.4) is 0 Å². The predicted molar refractivity (Wildman–Crippen MR) is 38.0 cm³/mol. The molecule has 0 radical (unpaired) electrons. The van der Waals surface area contributed by atoms with Gasteiger partial charge in [-0.25, -0.2) is 0 Å². The van der Waals surface area contributed by atoms with Crippen LogP contribution in [0.4, 0.5) is 6.01 Å². The van der Waals surface area contributed by atoms with Gasteiger partial charge in [-0.3, -0.25) is 0 Å². The highest BCUT2D eigenvalue weighted by molar-refractivity contribution is 5.21. The second-order valence-electron chi connectivity index (χ2n) is 2.14. The van der Waals surface area contributed by atoms with E-state index in [2.05, 4.69) is 10.1 Å². The fourth-order valence-electron chi connectivity index (χ4n) is 0.576. The van der Waals surface area contributed by atoms with Gasteiger partial charge in [-0.2, -0.15) is 4.98 Å². The van der Waals surface area contributed by atoms with E-state index in [4.69, 9.17) is 4.52 Å². The zero-order valence-corrected chi connectivity index (χ0v) is 6.46. The number of hydrogen-bond acceptors (Lipinski definition) is 4. The third kappa shape index (κ3) is 1.26. The SMILES string of the molecule is CCN(C)c1nc(C)no1. The summed E-state index contributed by atoms with van der Waals surface area (Å²) >= 11 is 0. The van der Waals surface area contributed by atoms with E-state index in [9.17, 15) is 0 Å². The molecule has 0 bridgehead atoms. The Morgan fingerprint density at radius 1 is 1.60 bits per heavy atom. The maximum atomic E-state index is 4.88. The summed E-state index contributed by atoms with van der Waals surface area (Å²) in [4.78, 5) is 5.92. The molecule has 0 aromatic carbocycles. The molecule has 0 atom stereocenters. The molecule has 0 saturated heterocycles. The molecular weight excluding hydrogens is 130 g/mol. The Bertz CT molecular complexity index is 209. The van der Waals surface area contributed by atoms with Crippen LogP contribution in [0.5, 0.6) is 0 Å². The molecule has 0 aliphatic heterocycles. The molecule has 0 N–H and O–H groups in total. The van der Waals surface area contributed by atoms with E-state index < -0.39 is 0 Å². The lowest BCUT2D eigenvalue weighted by Crippen LogP contribution is -2.15. The molecule has 0 amide bonds. The standard InChI is InChI=1S/C6H11N3O/c1-4-9(3)6-7-5(2)8-10-6/h4H2,1-3H3. The van der Waals surface area contributed by atoms with Gasteiger partial charge in [-0.1, -0.05) is 5.16 Å². The first-order valence-electron chi connectivity index (χ1n) is 3.25. The molecule has 4 heteroatoms. The van der Waals surface area contributed by atoms with Crippen molar-refractivity contribution in [3.8, 4) is 0 Å². The summed E-state index contributed by atoms with van der Waals surface area (Å²) in [7, 11) is 1.91. The van der Waals surface area contributed by atoms with Crippen LogP contribution in [0.2, 0.25) is 0 Å². The van der Waals surface area contributed by atoms with Crippen molar-refractivity contribution in [2.75, 3.05) is 18.5 Å². The maximum absolute atomic E-state index is 4.88. The third-order valence-electron chi connectivity index (χ3n) is 1.32. The van der Waals surface area contributed by atoms with Crippen molar-refractivity contribution < 1.29 is 4.52 Å².